The number of benzene rings is 3. The van der Waals surface area contributed by atoms with Crippen LogP contribution in [0.4, 0.5) is 10.1 Å². The average molecular weight is 383 g/mol. The molecular weight excluding hydrogens is 365 g/mol. The molecule has 3 nitrogen and oxygen atoms in total. The second kappa shape index (κ2) is 5.41. The number of rotatable bonds is 1. The second-order valence-electron chi connectivity index (χ2n) is 8.35. The second-order valence-corrected chi connectivity index (χ2v) is 8.35. The van der Waals surface area contributed by atoms with Crippen LogP contribution in [0.2, 0.25) is 0 Å². The molecule has 4 aliphatic rings. The summed E-state index contributed by atoms with van der Waals surface area (Å²) in [7, 11) is 0. The zero-order chi connectivity index (χ0) is 19.9. The molecule has 3 aliphatic carbocycles. The van der Waals surface area contributed by atoms with Crippen LogP contribution < -0.4 is 4.90 Å². The fraction of sp³-hybridized carbons (Fsp3) is 0.200. The van der Waals surface area contributed by atoms with Crippen molar-refractivity contribution < 1.29 is 14.0 Å². The number of amides is 2. The van der Waals surface area contributed by atoms with E-state index in [1.807, 2.05) is 24.3 Å². The molecule has 1 saturated heterocycles. The van der Waals surface area contributed by atoms with Crippen LogP contribution in [0.3, 0.4) is 0 Å². The molecule has 0 spiro atoms. The van der Waals surface area contributed by atoms with Crippen molar-refractivity contribution in [2.75, 3.05) is 4.90 Å². The van der Waals surface area contributed by atoms with Gasteiger partial charge in [0, 0.05) is 11.3 Å². The van der Waals surface area contributed by atoms with Crippen molar-refractivity contribution in [2.24, 2.45) is 11.8 Å². The maximum absolute atomic E-state index is 13.7. The van der Waals surface area contributed by atoms with Gasteiger partial charge in [-0.1, -0.05) is 55.5 Å². The first-order valence-corrected chi connectivity index (χ1v) is 9.85. The number of hydrogen-bond donors (Lipinski definition) is 0. The van der Waals surface area contributed by atoms with Gasteiger partial charge in [-0.3, -0.25) is 9.59 Å². The van der Waals surface area contributed by atoms with Crippen molar-refractivity contribution >= 4 is 17.5 Å². The summed E-state index contributed by atoms with van der Waals surface area (Å²) in [5.41, 5.74) is 4.40. The van der Waals surface area contributed by atoms with E-state index in [0.29, 0.717) is 5.69 Å². The lowest BCUT2D eigenvalue weighted by Crippen LogP contribution is -2.51. The summed E-state index contributed by atoms with van der Waals surface area (Å²) in [6.07, 6.45) is 0. The third kappa shape index (κ3) is 1.87. The number of halogens is 1. The van der Waals surface area contributed by atoms with Crippen LogP contribution in [0.1, 0.15) is 35.1 Å². The van der Waals surface area contributed by atoms with Gasteiger partial charge >= 0.3 is 0 Å². The van der Waals surface area contributed by atoms with Crippen molar-refractivity contribution in [2.45, 2.75) is 18.3 Å². The van der Waals surface area contributed by atoms with Crippen LogP contribution in [-0.2, 0) is 15.0 Å². The Morgan fingerprint density at radius 1 is 0.793 bits per heavy atom. The summed E-state index contributed by atoms with van der Waals surface area (Å²) < 4.78 is 13.4. The predicted molar refractivity (Wildman–Crippen MR) is 107 cm³/mol. The number of carbonyl (C=O) groups is 2. The molecular formula is C25H18FNO2. The highest BCUT2D eigenvalue weighted by Crippen LogP contribution is 2.64. The molecule has 0 unspecified atom stereocenters. The van der Waals surface area contributed by atoms with Crippen LogP contribution in [0.25, 0.3) is 0 Å². The normalized spacial score (nSPS) is 28.9. The van der Waals surface area contributed by atoms with E-state index in [1.165, 1.54) is 29.2 Å². The van der Waals surface area contributed by atoms with Crippen LogP contribution in [-0.4, -0.2) is 11.8 Å². The zero-order valence-electron chi connectivity index (χ0n) is 15.8. The number of anilines is 1. The fourth-order valence-corrected chi connectivity index (χ4v) is 6.00. The molecule has 1 fully saturated rings. The van der Waals surface area contributed by atoms with Gasteiger partial charge in [-0.25, -0.2) is 9.29 Å². The van der Waals surface area contributed by atoms with Crippen molar-refractivity contribution in [1.82, 2.24) is 0 Å². The lowest BCUT2D eigenvalue weighted by Gasteiger charge is -2.52. The molecule has 0 N–H and O–H groups in total. The summed E-state index contributed by atoms with van der Waals surface area (Å²) in [5, 5.41) is 0. The van der Waals surface area contributed by atoms with E-state index in [1.54, 1.807) is 0 Å². The number of carbonyl (C=O) groups excluding carboxylic acids is 2. The molecule has 0 radical (unpaired) electrons. The molecule has 2 amide bonds. The van der Waals surface area contributed by atoms with Gasteiger partial charge in [-0.05, 0) is 46.5 Å². The molecule has 29 heavy (non-hydrogen) atoms. The van der Waals surface area contributed by atoms with E-state index in [2.05, 4.69) is 31.2 Å². The van der Waals surface area contributed by atoms with Crippen LogP contribution in [0.5, 0.6) is 0 Å². The van der Waals surface area contributed by atoms with Crippen LogP contribution in [0, 0.1) is 17.7 Å². The smallest absolute Gasteiger partial charge is 0.238 e. The molecule has 0 saturated carbocycles. The Bertz CT molecular complexity index is 1150. The minimum atomic E-state index is -0.575. The Labute approximate surface area is 167 Å². The third-order valence-electron chi connectivity index (χ3n) is 7.13. The van der Waals surface area contributed by atoms with E-state index in [4.69, 9.17) is 0 Å². The van der Waals surface area contributed by atoms with Gasteiger partial charge in [0.2, 0.25) is 11.8 Å². The summed E-state index contributed by atoms with van der Waals surface area (Å²) in [5.74, 6) is -1.82. The standard InChI is InChI=1S/C25H18FNO2/c1-25-18-8-4-2-6-16(18)20(17-7-3-5-9-19(17)25)21-22(25)24(29)27(23(21)28)15-12-10-14(26)11-13-15/h2-13,20-22H,1H3/t20?,21-,22+,25?/m0/s1. The minimum absolute atomic E-state index is 0.142. The first-order chi connectivity index (χ1) is 14.0. The summed E-state index contributed by atoms with van der Waals surface area (Å²) in [6, 6.07) is 21.9. The number of nitrogens with zero attached hydrogens (tertiary/aromatic N) is 1. The van der Waals surface area contributed by atoms with E-state index in [0.717, 1.165) is 22.3 Å². The van der Waals surface area contributed by atoms with Crippen molar-refractivity contribution in [1.29, 1.82) is 0 Å². The molecule has 3 aromatic carbocycles. The van der Waals surface area contributed by atoms with Crippen LogP contribution in [0.15, 0.2) is 72.8 Å². The predicted octanol–water partition coefficient (Wildman–Crippen LogP) is 4.40. The SMILES string of the molecule is CC12c3ccccc3C(c3ccccc31)[C@@H]1C(=O)N(c3ccc(F)cc3)C(=O)[C@@H]12. The monoisotopic (exact) mass is 383 g/mol. The van der Waals surface area contributed by atoms with E-state index >= 15 is 0 Å². The molecule has 7 rings (SSSR count). The Balaban J connectivity index is 1.61. The molecule has 2 bridgehead atoms. The lowest BCUT2D eigenvalue weighted by molar-refractivity contribution is -0.123. The van der Waals surface area contributed by atoms with Gasteiger partial charge in [0.15, 0.2) is 0 Å². The number of imide groups is 1. The van der Waals surface area contributed by atoms with E-state index in [-0.39, 0.29) is 17.7 Å². The summed E-state index contributed by atoms with van der Waals surface area (Å²) in [6.45, 7) is 2.09. The first-order valence-electron chi connectivity index (χ1n) is 9.85. The lowest BCUT2D eigenvalue weighted by atomic mass is 9.48. The van der Waals surface area contributed by atoms with Gasteiger partial charge in [-0.2, -0.15) is 0 Å². The van der Waals surface area contributed by atoms with Crippen molar-refractivity contribution in [3.05, 3.63) is 101 Å². The quantitative estimate of drug-likeness (QED) is 0.584. The molecule has 0 aromatic heterocycles. The van der Waals surface area contributed by atoms with Crippen molar-refractivity contribution in [3.8, 4) is 0 Å². The third-order valence-corrected chi connectivity index (χ3v) is 7.13. The largest absolute Gasteiger partial charge is 0.274 e. The van der Waals surface area contributed by atoms with Crippen molar-refractivity contribution in [3.63, 3.8) is 0 Å². The van der Waals surface area contributed by atoms with Gasteiger partial charge in [-0.15, -0.1) is 0 Å². The minimum Gasteiger partial charge on any atom is -0.274 e. The average Bonchev–Trinajstić information content (AvgIpc) is 3.01. The molecule has 1 heterocycles. The highest BCUT2D eigenvalue weighted by atomic mass is 19.1. The molecule has 3 aromatic rings. The Morgan fingerprint density at radius 2 is 1.34 bits per heavy atom. The van der Waals surface area contributed by atoms with E-state index < -0.39 is 23.1 Å². The Kier molecular flexibility index (Phi) is 3.11. The zero-order valence-corrected chi connectivity index (χ0v) is 15.8. The molecule has 4 heteroatoms. The van der Waals surface area contributed by atoms with Gasteiger partial charge < -0.3 is 0 Å². The fourth-order valence-electron chi connectivity index (χ4n) is 6.00. The summed E-state index contributed by atoms with van der Waals surface area (Å²) in [4.78, 5) is 28.5. The maximum Gasteiger partial charge on any atom is 0.238 e. The molecule has 142 valence electrons. The topological polar surface area (TPSA) is 37.4 Å². The highest BCUT2D eigenvalue weighted by Gasteiger charge is 2.66. The van der Waals surface area contributed by atoms with Gasteiger partial charge in [0.05, 0.1) is 17.5 Å². The molecule has 1 aliphatic heterocycles. The first kappa shape index (κ1) is 16.7. The van der Waals surface area contributed by atoms with Gasteiger partial charge in [0.1, 0.15) is 5.82 Å². The highest BCUT2D eigenvalue weighted by molar-refractivity contribution is 6.23. The molecule has 2 atom stereocenters. The Morgan fingerprint density at radius 3 is 1.93 bits per heavy atom. The maximum atomic E-state index is 13.7. The van der Waals surface area contributed by atoms with E-state index in [9.17, 15) is 14.0 Å². The van der Waals surface area contributed by atoms with Gasteiger partial charge in [0.25, 0.3) is 0 Å². The van der Waals surface area contributed by atoms with Crippen LogP contribution >= 0.6 is 0 Å². The Hall–Kier alpha value is -3.27. The summed E-state index contributed by atoms with van der Waals surface area (Å²) >= 11 is 0. The number of hydrogen-bond acceptors (Lipinski definition) is 2.